The lowest BCUT2D eigenvalue weighted by Gasteiger charge is -2.35. The van der Waals surface area contributed by atoms with Gasteiger partial charge in [-0.3, -0.25) is 0 Å². The van der Waals surface area contributed by atoms with Crippen LogP contribution in [0.1, 0.15) is 44.5 Å². The van der Waals surface area contributed by atoms with Gasteiger partial charge in [0.15, 0.2) is 0 Å². The van der Waals surface area contributed by atoms with E-state index < -0.39 is 0 Å². The summed E-state index contributed by atoms with van der Waals surface area (Å²) in [5, 5.41) is 0.696. The monoisotopic (exact) mass is 339 g/mol. The van der Waals surface area contributed by atoms with Crippen molar-refractivity contribution < 1.29 is 14.3 Å². The van der Waals surface area contributed by atoms with E-state index >= 15 is 0 Å². The van der Waals surface area contributed by atoms with E-state index in [0.29, 0.717) is 23.1 Å². The number of ether oxygens (including phenoxy) is 2. The Hall–Kier alpha value is -1.34. The molecule has 0 N–H and O–H groups in total. The molecular formula is C16H25N3O3S. The highest BCUT2D eigenvalue weighted by molar-refractivity contribution is 7.99. The molecule has 6 nitrogen and oxygen atoms in total. The highest BCUT2D eigenvalue weighted by Gasteiger charge is 2.25. The van der Waals surface area contributed by atoms with Crippen molar-refractivity contribution in [2.75, 3.05) is 30.3 Å². The number of anilines is 1. The van der Waals surface area contributed by atoms with Crippen LogP contribution < -0.4 is 4.90 Å². The average Bonchev–Trinajstić information content (AvgIpc) is 2.52. The molecule has 1 aromatic rings. The molecule has 1 aliphatic rings. The van der Waals surface area contributed by atoms with Gasteiger partial charge in [0, 0.05) is 19.3 Å². The zero-order valence-electron chi connectivity index (χ0n) is 14.2. The van der Waals surface area contributed by atoms with Crippen LogP contribution in [0.4, 0.5) is 5.95 Å². The standard InChI is InChI=1S/C16H25N3O3S/c1-5-7-23-14-13(15(20)21-6-2)8-17-16(18-14)19-9-11(3)22-12(4)10-19/h8,11-12H,5-7,9-10H2,1-4H3/t11-,12+. The van der Waals surface area contributed by atoms with Crippen LogP contribution >= 0.6 is 11.8 Å². The van der Waals surface area contributed by atoms with Gasteiger partial charge in [0.25, 0.3) is 0 Å². The zero-order valence-corrected chi connectivity index (χ0v) is 15.1. The Labute approximate surface area is 142 Å². The molecule has 2 atom stereocenters. The van der Waals surface area contributed by atoms with Gasteiger partial charge in [-0.15, -0.1) is 11.8 Å². The van der Waals surface area contributed by atoms with Gasteiger partial charge in [-0.25, -0.2) is 14.8 Å². The van der Waals surface area contributed by atoms with Gasteiger partial charge in [-0.1, -0.05) is 6.92 Å². The van der Waals surface area contributed by atoms with E-state index in [0.717, 1.165) is 25.3 Å². The summed E-state index contributed by atoms with van der Waals surface area (Å²) in [7, 11) is 0. The third-order valence-corrected chi connectivity index (χ3v) is 4.58. The summed E-state index contributed by atoms with van der Waals surface area (Å²) in [6.45, 7) is 9.83. The number of morpholine rings is 1. The molecule has 0 bridgehead atoms. The average molecular weight is 339 g/mol. The lowest BCUT2D eigenvalue weighted by atomic mass is 10.2. The Kier molecular flexibility index (Phi) is 6.65. The number of carbonyl (C=O) groups is 1. The molecule has 2 rings (SSSR count). The summed E-state index contributed by atoms with van der Waals surface area (Å²) >= 11 is 1.57. The fourth-order valence-electron chi connectivity index (χ4n) is 2.51. The van der Waals surface area contributed by atoms with Crippen LogP contribution in [0.25, 0.3) is 0 Å². The summed E-state index contributed by atoms with van der Waals surface area (Å²) in [4.78, 5) is 23.2. The van der Waals surface area contributed by atoms with Gasteiger partial charge in [0.2, 0.25) is 5.95 Å². The maximum Gasteiger partial charge on any atom is 0.342 e. The van der Waals surface area contributed by atoms with Crippen molar-refractivity contribution in [2.24, 2.45) is 0 Å². The molecule has 0 saturated carbocycles. The molecule has 23 heavy (non-hydrogen) atoms. The first kappa shape index (κ1) is 18.0. The van der Waals surface area contributed by atoms with E-state index in [1.165, 1.54) is 0 Å². The second-order valence-electron chi connectivity index (χ2n) is 5.62. The summed E-state index contributed by atoms with van der Waals surface area (Å²) in [6, 6.07) is 0. The van der Waals surface area contributed by atoms with Crippen LogP contribution in [0.15, 0.2) is 11.2 Å². The molecule has 0 aliphatic carbocycles. The number of hydrogen-bond acceptors (Lipinski definition) is 7. The van der Waals surface area contributed by atoms with E-state index in [-0.39, 0.29) is 18.2 Å². The second kappa shape index (κ2) is 8.49. The van der Waals surface area contributed by atoms with Crippen LogP contribution in [-0.2, 0) is 9.47 Å². The van der Waals surface area contributed by atoms with Gasteiger partial charge in [0.1, 0.15) is 10.6 Å². The number of rotatable bonds is 6. The van der Waals surface area contributed by atoms with Crippen LogP contribution in [0.3, 0.4) is 0 Å². The van der Waals surface area contributed by atoms with E-state index in [4.69, 9.17) is 9.47 Å². The minimum atomic E-state index is -0.360. The van der Waals surface area contributed by atoms with E-state index in [1.54, 1.807) is 24.9 Å². The van der Waals surface area contributed by atoms with Crippen molar-refractivity contribution in [1.29, 1.82) is 0 Å². The molecule has 0 aromatic carbocycles. The molecule has 0 radical (unpaired) electrons. The quantitative estimate of drug-likeness (QED) is 0.448. The summed E-state index contributed by atoms with van der Waals surface area (Å²) < 4.78 is 10.9. The number of carbonyl (C=O) groups excluding carboxylic acids is 1. The molecule has 1 saturated heterocycles. The highest BCUT2D eigenvalue weighted by Crippen LogP contribution is 2.25. The molecular weight excluding hydrogens is 314 g/mol. The van der Waals surface area contributed by atoms with Crippen LogP contribution in [0.5, 0.6) is 0 Å². The van der Waals surface area contributed by atoms with Crippen molar-refractivity contribution in [3.8, 4) is 0 Å². The zero-order chi connectivity index (χ0) is 16.8. The molecule has 7 heteroatoms. The van der Waals surface area contributed by atoms with Crippen molar-refractivity contribution in [1.82, 2.24) is 9.97 Å². The minimum absolute atomic E-state index is 0.138. The minimum Gasteiger partial charge on any atom is -0.462 e. The second-order valence-corrected chi connectivity index (χ2v) is 6.70. The molecule has 1 fully saturated rings. The maximum atomic E-state index is 12.1. The Morgan fingerprint density at radius 2 is 2.09 bits per heavy atom. The van der Waals surface area contributed by atoms with Crippen LogP contribution in [0.2, 0.25) is 0 Å². The molecule has 128 valence electrons. The third-order valence-electron chi connectivity index (χ3n) is 3.38. The maximum absolute atomic E-state index is 12.1. The highest BCUT2D eigenvalue weighted by atomic mass is 32.2. The van der Waals surface area contributed by atoms with E-state index in [1.807, 2.05) is 13.8 Å². The van der Waals surface area contributed by atoms with Crippen molar-refractivity contribution >= 4 is 23.7 Å². The van der Waals surface area contributed by atoms with E-state index in [2.05, 4.69) is 21.8 Å². The number of nitrogens with zero attached hydrogens (tertiary/aromatic N) is 3. The summed E-state index contributed by atoms with van der Waals surface area (Å²) in [5.41, 5.74) is 0.448. The molecule has 2 heterocycles. The number of esters is 1. The molecule has 0 amide bonds. The topological polar surface area (TPSA) is 64.5 Å². The fraction of sp³-hybridized carbons (Fsp3) is 0.688. The Morgan fingerprint density at radius 3 is 2.70 bits per heavy atom. The predicted molar refractivity (Wildman–Crippen MR) is 91.2 cm³/mol. The first-order valence-electron chi connectivity index (χ1n) is 8.12. The predicted octanol–water partition coefficient (Wildman–Crippen LogP) is 2.77. The van der Waals surface area contributed by atoms with Crippen LogP contribution in [0, 0.1) is 0 Å². The molecule has 0 spiro atoms. The fourth-order valence-corrected chi connectivity index (χ4v) is 3.34. The largest absolute Gasteiger partial charge is 0.462 e. The molecule has 1 aliphatic heterocycles. The summed E-state index contributed by atoms with van der Waals surface area (Å²) in [5.74, 6) is 1.19. The normalized spacial score (nSPS) is 21.3. The first-order chi connectivity index (χ1) is 11.0. The number of hydrogen-bond donors (Lipinski definition) is 0. The molecule has 1 aromatic heterocycles. The smallest absolute Gasteiger partial charge is 0.342 e. The van der Waals surface area contributed by atoms with Crippen molar-refractivity contribution in [3.63, 3.8) is 0 Å². The first-order valence-corrected chi connectivity index (χ1v) is 9.11. The Balaban J connectivity index is 2.26. The summed E-state index contributed by atoms with van der Waals surface area (Å²) in [6.07, 6.45) is 2.87. The van der Waals surface area contributed by atoms with Crippen molar-refractivity contribution in [2.45, 2.75) is 51.3 Å². The SMILES string of the molecule is CCCSc1nc(N2C[C@@H](C)O[C@@H](C)C2)ncc1C(=O)OCC. The Bertz CT molecular complexity index is 531. The van der Waals surface area contributed by atoms with E-state index in [9.17, 15) is 4.79 Å². The van der Waals surface area contributed by atoms with Crippen molar-refractivity contribution in [3.05, 3.63) is 11.8 Å². The van der Waals surface area contributed by atoms with Gasteiger partial charge in [-0.2, -0.15) is 0 Å². The van der Waals surface area contributed by atoms with Gasteiger partial charge >= 0.3 is 5.97 Å². The van der Waals surface area contributed by atoms with Crippen LogP contribution in [-0.4, -0.2) is 53.6 Å². The number of thioether (sulfide) groups is 1. The Morgan fingerprint density at radius 1 is 1.39 bits per heavy atom. The number of aromatic nitrogens is 2. The van der Waals surface area contributed by atoms with Gasteiger partial charge < -0.3 is 14.4 Å². The lowest BCUT2D eigenvalue weighted by molar-refractivity contribution is -0.00577. The van der Waals surface area contributed by atoms with Gasteiger partial charge in [0.05, 0.1) is 18.8 Å². The van der Waals surface area contributed by atoms with Gasteiger partial charge in [-0.05, 0) is 32.9 Å². The lowest BCUT2D eigenvalue weighted by Crippen LogP contribution is -2.46. The molecule has 0 unspecified atom stereocenters. The third kappa shape index (κ3) is 4.81.